The van der Waals surface area contributed by atoms with Crippen LogP contribution in [-0.2, 0) is 4.79 Å². The van der Waals surface area contributed by atoms with Gasteiger partial charge in [-0.25, -0.2) is 9.97 Å². The highest BCUT2D eigenvalue weighted by atomic mass is 19.4. The molecular formula is C21H21F5N4O3. The first-order chi connectivity index (χ1) is 15.4. The number of aromatic nitrogens is 2. The largest absolute Gasteiger partial charge is 0.471 e. The maximum Gasteiger partial charge on any atom is 0.456 e. The van der Waals surface area contributed by atoms with Crippen molar-refractivity contribution in [3.05, 3.63) is 47.3 Å². The van der Waals surface area contributed by atoms with Crippen LogP contribution in [0.1, 0.15) is 47.4 Å². The maximum absolute atomic E-state index is 12.9. The normalized spacial score (nSPS) is 15.0. The van der Waals surface area contributed by atoms with Gasteiger partial charge >= 0.3 is 12.1 Å². The fourth-order valence-electron chi connectivity index (χ4n) is 2.78. The molecular weight excluding hydrogens is 451 g/mol. The molecule has 0 aromatic carbocycles. The lowest BCUT2D eigenvalue weighted by molar-refractivity contribution is -0.290. The summed E-state index contributed by atoms with van der Waals surface area (Å²) in [5.41, 5.74) is 1.26. The number of alkyl halides is 5. The Balaban J connectivity index is 1.60. The molecule has 2 N–H and O–H groups in total. The molecule has 0 radical (unpaired) electrons. The van der Waals surface area contributed by atoms with Gasteiger partial charge in [0.15, 0.2) is 6.61 Å². The lowest BCUT2D eigenvalue weighted by Gasteiger charge is -2.19. The second-order valence-corrected chi connectivity index (χ2v) is 7.76. The van der Waals surface area contributed by atoms with E-state index >= 15 is 0 Å². The van der Waals surface area contributed by atoms with Gasteiger partial charge in [0.1, 0.15) is 5.82 Å². The zero-order valence-corrected chi connectivity index (χ0v) is 17.7. The van der Waals surface area contributed by atoms with Gasteiger partial charge in [0.2, 0.25) is 11.8 Å². The van der Waals surface area contributed by atoms with Crippen molar-refractivity contribution in [2.24, 2.45) is 5.92 Å². The highest BCUT2D eigenvalue weighted by Gasteiger charge is 2.58. The summed E-state index contributed by atoms with van der Waals surface area (Å²) in [6.07, 6.45) is -2.88. The summed E-state index contributed by atoms with van der Waals surface area (Å²) in [5, 5.41) is 5.41. The first-order valence-electron chi connectivity index (χ1n) is 9.99. The van der Waals surface area contributed by atoms with Crippen molar-refractivity contribution < 1.29 is 36.3 Å². The number of nitrogens with one attached hydrogen (secondary N) is 2. The van der Waals surface area contributed by atoms with Crippen LogP contribution >= 0.6 is 0 Å². The van der Waals surface area contributed by atoms with E-state index < -0.39 is 36.5 Å². The van der Waals surface area contributed by atoms with Crippen LogP contribution in [0, 0.1) is 12.8 Å². The van der Waals surface area contributed by atoms with Gasteiger partial charge in [-0.3, -0.25) is 9.59 Å². The van der Waals surface area contributed by atoms with Crippen LogP contribution in [0.25, 0.3) is 0 Å². The number of hydrogen-bond acceptors (Lipinski definition) is 5. The van der Waals surface area contributed by atoms with E-state index in [0.717, 1.165) is 18.9 Å². The first-order valence-corrected chi connectivity index (χ1v) is 9.99. The Morgan fingerprint density at radius 3 is 2.45 bits per heavy atom. The Kier molecular flexibility index (Phi) is 6.84. The van der Waals surface area contributed by atoms with Crippen molar-refractivity contribution in [1.29, 1.82) is 0 Å². The molecule has 7 nitrogen and oxygen atoms in total. The van der Waals surface area contributed by atoms with Crippen LogP contribution in [0.15, 0.2) is 30.5 Å². The molecule has 0 spiro atoms. The Morgan fingerprint density at radius 1 is 1.18 bits per heavy atom. The van der Waals surface area contributed by atoms with Crippen LogP contribution < -0.4 is 15.4 Å². The fourth-order valence-corrected chi connectivity index (χ4v) is 2.78. The Hall–Kier alpha value is -3.31. The topological polar surface area (TPSA) is 93.2 Å². The average molecular weight is 472 g/mol. The Morgan fingerprint density at radius 2 is 1.88 bits per heavy atom. The zero-order valence-electron chi connectivity index (χ0n) is 17.7. The molecule has 2 amide bonds. The number of hydrogen-bond donors (Lipinski definition) is 2. The minimum Gasteiger partial charge on any atom is -0.471 e. The van der Waals surface area contributed by atoms with Crippen LogP contribution in [0.4, 0.5) is 27.8 Å². The number of ether oxygens (including phenoxy) is 1. The van der Waals surface area contributed by atoms with Crippen LogP contribution in [0.3, 0.4) is 0 Å². The number of halogens is 5. The van der Waals surface area contributed by atoms with Crippen LogP contribution in [-0.4, -0.2) is 40.5 Å². The van der Waals surface area contributed by atoms with Crippen LogP contribution in [0.2, 0.25) is 0 Å². The standard InChI is InChI=1S/C21H21F5N4O3/c1-11-7-15(8-16(28-11)30-18(31)13-3-4-13)19(32)29-12(2)14-5-6-17(27-9-14)33-10-20(22,23)21(24,25)26/h5-9,12-13H,3-4,10H2,1-2H3,(H,29,32)(H,28,30,31). The second-order valence-electron chi connectivity index (χ2n) is 7.76. The van der Waals surface area contributed by atoms with Gasteiger partial charge in [0, 0.05) is 29.4 Å². The molecule has 1 unspecified atom stereocenters. The first kappa shape index (κ1) is 24.3. The Bertz CT molecular complexity index is 1020. The van der Waals surface area contributed by atoms with E-state index in [1.54, 1.807) is 19.9 Å². The number of aryl methyl sites for hydroxylation is 1. The number of pyridine rings is 2. The smallest absolute Gasteiger partial charge is 0.456 e. The summed E-state index contributed by atoms with van der Waals surface area (Å²) >= 11 is 0. The molecule has 0 bridgehead atoms. The van der Waals surface area contributed by atoms with Crippen molar-refractivity contribution in [3.8, 4) is 5.88 Å². The van der Waals surface area contributed by atoms with E-state index in [1.165, 1.54) is 18.3 Å². The number of anilines is 1. The van der Waals surface area contributed by atoms with Gasteiger partial charge in [-0.2, -0.15) is 22.0 Å². The fraction of sp³-hybridized carbons (Fsp3) is 0.429. The van der Waals surface area contributed by atoms with E-state index in [9.17, 15) is 31.5 Å². The third-order valence-electron chi connectivity index (χ3n) is 4.84. The molecule has 2 heterocycles. The molecule has 0 aliphatic heterocycles. The SMILES string of the molecule is Cc1cc(C(=O)NC(C)c2ccc(OCC(F)(F)C(F)(F)F)nc2)cc(NC(=O)C2CC2)n1. The highest BCUT2D eigenvalue weighted by molar-refractivity contribution is 5.97. The molecule has 1 saturated carbocycles. The van der Waals surface area contributed by atoms with Gasteiger partial charge in [-0.15, -0.1) is 0 Å². The molecule has 2 aromatic rings. The van der Waals surface area contributed by atoms with Crippen molar-refractivity contribution in [1.82, 2.24) is 15.3 Å². The number of amides is 2. The third-order valence-corrected chi connectivity index (χ3v) is 4.84. The van der Waals surface area contributed by atoms with E-state index in [2.05, 4.69) is 25.3 Å². The molecule has 1 fully saturated rings. The van der Waals surface area contributed by atoms with Gasteiger partial charge in [-0.05, 0) is 44.4 Å². The van der Waals surface area contributed by atoms with E-state index in [4.69, 9.17) is 0 Å². The van der Waals surface area contributed by atoms with Crippen molar-refractivity contribution >= 4 is 17.6 Å². The Labute approximate surface area is 185 Å². The molecule has 3 rings (SSSR count). The lowest BCUT2D eigenvalue weighted by atomic mass is 10.1. The van der Waals surface area contributed by atoms with E-state index in [1.807, 2.05) is 0 Å². The van der Waals surface area contributed by atoms with Gasteiger partial charge < -0.3 is 15.4 Å². The zero-order chi connectivity index (χ0) is 24.4. The van der Waals surface area contributed by atoms with Gasteiger partial charge in [-0.1, -0.05) is 6.07 Å². The predicted octanol–water partition coefficient (Wildman–Crippen LogP) is 4.20. The summed E-state index contributed by atoms with van der Waals surface area (Å²) in [6.45, 7) is 1.42. The summed E-state index contributed by atoms with van der Waals surface area (Å²) in [6, 6.07) is 4.94. The molecule has 1 aliphatic carbocycles. The molecule has 0 saturated heterocycles. The summed E-state index contributed by atoms with van der Waals surface area (Å²) in [4.78, 5) is 32.5. The molecule has 1 atom stereocenters. The summed E-state index contributed by atoms with van der Waals surface area (Å²) < 4.78 is 66.9. The van der Waals surface area contributed by atoms with Crippen molar-refractivity contribution in [2.45, 2.75) is 44.8 Å². The van der Waals surface area contributed by atoms with Gasteiger partial charge in [0.05, 0.1) is 6.04 Å². The quantitative estimate of drug-likeness (QED) is 0.562. The molecule has 33 heavy (non-hydrogen) atoms. The average Bonchev–Trinajstić information content (AvgIpc) is 3.57. The number of carbonyl (C=O) groups excluding carboxylic acids is 2. The second kappa shape index (κ2) is 9.28. The van der Waals surface area contributed by atoms with Gasteiger partial charge in [0.25, 0.3) is 5.91 Å². The van der Waals surface area contributed by atoms with Crippen molar-refractivity contribution in [3.63, 3.8) is 0 Å². The number of rotatable bonds is 8. The molecule has 1 aliphatic rings. The number of nitrogens with zero attached hydrogens (tertiary/aromatic N) is 2. The van der Waals surface area contributed by atoms with E-state index in [-0.39, 0.29) is 23.2 Å². The number of carbonyl (C=O) groups is 2. The summed E-state index contributed by atoms with van der Waals surface area (Å²) in [7, 11) is 0. The predicted molar refractivity (Wildman–Crippen MR) is 107 cm³/mol. The third kappa shape index (κ3) is 6.36. The highest BCUT2D eigenvalue weighted by Crippen LogP contribution is 2.35. The van der Waals surface area contributed by atoms with Crippen molar-refractivity contribution in [2.75, 3.05) is 11.9 Å². The summed E-state index contributed by atoms with van der Waals surface area (Å²) in [5.74, 6) is -5.78. The maximum atomic E-state index is 12.9. The van der Waals surface area contributed by atoms with Crippen LogP contribution in [0.5, 0.6) is 5.88 Å². The van der Waals surface area contributed by atoms with E-state index in [0.29, 0.717) is 11.3 Å². The molecule has 178 valence electrons. The minimum absolute atomic E-state index is 0.0243. The molecule has 12 heteroatoms. The molecule has 2 aromatic heterocycles. The lowest BCUT2D eigenvalue weighted by Crippen LogP contribution is -2.41. The monoisotopic (exact) mass is 472 g/mol. The minimum atomic E-state index is -5.72.